The van der Waals surface area contributed by atoms with Crippen LogP contribution < -0.4 is 25.4 Å². The van der Waals surface area contributed by atoms with Crippen LogP contribution in [-0.4, -0.2) is 43.8 Å². The van der Waals surface area contributed by atoms with Gasteiger partial charge in [-0.25, -0.2) is 0 Å². The quantitative estimate of drug-likeness (QED) is 0.606. The SMILES string of the molecule is O=C(NC[C@@H]1CCCO1)C(=O)Nc1ccccc1C(=O)NCc1ccc2c(c1)OCO2. The fourth-order valence-electron chi connectivity index (χ4n) is 3.39. The van der Waals surface area contributed by atoms with Crippen molar-refractivity contribution in [3.63, 3.8) is 0 Å². The first-order valence-electron chi connectivity index (χ1n) is 10.1. The first kappa shape index (κ1) is 20.7. The van der Waals surface area contributed by atoms with Crippen molar-refractivity contribution in [2.45, 2.75) is 25.5 Å². The van der Waals surface area contributed by atoms with Crippen molar-refractivity contribution in [1.29, 1.82) is 0 Å². The predicted molar refractivity (Wildman–Crippen MR) is 111 cm³/mol. The van der Waals surface area contributed by atoms with Gasteiger partial charge in [-0.15, -0.1) is 0 Å². The number of benzene rings is 2. The van der Waals surface area contributed by atoms with E-state index in [1.54, 1.807) is 36.4 Å². The predicted octanol–water partition coefficient (Wildman–Crippen LogP) is 1.58. The van der Waals surface area contributed by atoms with Crippen molar-refractivity contribution in [3.05, 3.63) is 53.6 Å². The molecule has 162 valence electrons. The highest BCUT2D eigenvalue weighted by molar-refractivity contribution is 6.40. The number of fused-ring (bicyclic) bond motifs is 1. The molecule has 4 rings (SSSR count). The largest absolute Gasteiger partial charge is 0.454 e. The first-order chi connectivity index (χ1) is 15.1. The van der Waals surface area contributed by atoms with Gasteiger partial charge in [-0.1, -0.05) is 18.2 Å². The Bertz CT molecular complexity index is 987. The molecule has 0 aromatic heterocycles. The molecule has 2 aliphatic rings. The first-order valence-corrected chi connectivity index (χ1v) is 10.1. The van der Waals surface area contributed by atoms with Gasteiger partial charge in [0.25, 0.3) is 5.91 Å². The summed E-state index contributed by atoms with van der Waals surface area (Å²) in [5.41, 5.74) is 1.35. The van der Waals surface area contributed by atoms with Gasteiger partial charge in [0.05, 0.1) is 17.4 Å². The van der Waals surface area contributed by atoms with Gasteiger partial charge in [0.15, 0.2) is 11.5 Å². The molecule has 0 unspecified atom stereocenters. The van der Waals surface area contributed by atoms with Crippen molar-refractivity contribution in [2.24, 2.45) is 0 Å². The van der Waals surface area contributed by atoms with Crippen LogP contribution in [0.4, 0.5) is 5.69 Å². The standard InChI is InChI=1S/C22H23N3O6/c26-20(23-11-14-7-8-18-19(10-14)31-13-30-18)16-5-1-2-6-17(16)25-22(28)21(27)24-12-15-4-3-9-29-15/h1-2,5-8,10,15H,3-4,9,11-13H2,(H,23,26)(H,24,27)(H,25,28)/t15-/m0/s1. The van der Waals surface area contributed by atoms with Crippen LogP contribution in [0.25, 0.3) is 0 Å². The molecule has 9 nitrogen and oxygen atoms in total. The Kier molecular flexibility index (Phi) is 6.32. The second kappa shape index (κ2) is 9.48. The van der Waals surface area contributed by atoms with Crippen molar-refractivity contribution in [2.75, 3.05) is 25.3 Å². The van der Waals surface area contributed by atoms with Gasteiger partial charge >= 0.3 is 11.8 Å². The van der Waals surface area contributed by atoms with Crippen molar-refractivity contribution in [1.82, 2.24) is 10.6 Å². The fraction of sp³-hybridized carbons (Fsp3) is 0.318. The summed E-state index contributed by atoms with van der Waals surface area (Å²) >= 11 is 0. The van der Waals surface area contributed by atoms with E-state index in [4.69, 9.17) is 14.2 Å². The van der Waals surface area contributed by atoms with Gasteiger partial charge in [-0.05, 0) is 42.7 Å². The molecule has 0 aliphatic carbocycles. The molecule has 0 bridgehead atoms. The number of hydrogen-bond acceptors (Lipinski definition) is 6. The molecule has 9 heteroatoms. The summed E-state index contributed by atoms with van der Waals surface area (Å²) in [6.07, 6.45) is 1.74. The third-order valence-corrected chi connectivity index (χ3v) is 5.03. The molecule has 2 aromatic carbocycles. The highest BCUT2D eigenvalue weighted by Gasteiger charge is 2.21. The van der Waals surface area contributed by atoms with Crippen LogP contribution >= 0.6 is 0 Å². The Labute approximate surface area is 179 Å². The molecule has 0 saturated carbocycles. The lowest BCUT2D eigenvalue weighted by Gasteiger charge is -2.13. The molecule has 3 amide bonds. The number of anilines is 1. The summed E-state index contributed by atoms with van der Waals surface area (Å²) in [4.78, 5) is 37.0. The molecular weight excluding hydrogens is 402 g/mol. The maximum atomic E-state index is 12.7. The molecule has 2 aromatic rings. The number of rotatable bonds is 6. The zero-order chi connectivity index (χ0) is 21.6. The number of ether oxygens (including phenoxy) is 3. The molecule has 0 spiro atoms. The lowest BCUT2D eigenvalue weighted by Crippen LogP contribution is -2.39. The van der Waals surface area contributed by atoms with Crippen LogP contribution in [-0.2, 0) is 20.9 Å². The summed E-state index contributed by atoms with van der Waals surface area (Å²) in [5.74, 6) is -0.692. The Morgan fingerprint density at radius 3 is 2.65 bits per heavy atom. The second-order valence-corrected chi connectivity index (χ2v) is 7.22. The van der Waals surface area contributed by atoms with E-state index in [9.17, 15) is 14.4 Å². The molecule has 1 saturated heterocycles. The number of carbonyl (C=O) groups excluding carboxylic acids is 3. The summed E-state index contributed by atoms with van der Waals surface area (Å²) in [7, 11) is 0. The molecule has 2 heterocycles. The van der Waals surface area contributed by atoms with Crippen LogP contribution in [0.1, 0.15) is 28.8 Å². The van der Waals surface area contributed by atoms with Crippen LogP contribution in [0.2, 0.25) is 0 Å². The Morgan fingerprint density at radius 2 is 1.81 bits per heavy atom. The zero-order valence-corrected chi connectivity index (χ0v) is 16.8. The molecular formula is C22H23N3O6. The van der Waals surface area contributed by atoms with Crippen LogP contribution in [0.15, 0.2) is 42.5 Å². The topological polar surface area (TPSA) is 115 Å². The lowest BCUT2D eigenvalue weighted by molar-refractivity contribution is -0.136. The third kappa shape index (κ3) is 5.13. The average molecular weight is 425 g/mol. The molecule has 3 N–H and O–H groups in total. The molecule has 1 fully saturated rings. The molecule has 1 atom stereocenters. The Hall–Kier alpha value is -3.59. The van der Waals surface area contributed by atoms with Gasteiger partial charge in [-0.3, -0.25) is 14.4 Å². The van der Waals surface area contributed by atoms with E-state index in [0.29, 0.717) is 18.1 Å². The number of amides is 3. The van der Waals surface area contributed by atoms with Gasteiger partial charge in [0, 0.05) is 19.7 Å². The van der Waals surface area contributed by atoms with E-state index in [0.717, 1.165) is 18.4 Å². The van der Waals surface area contributed by atoms with E-state index in [-0.39, 0.29) is 43.1 Å². The third-order valence-electron chi connectivity index (χ3n) is 5.03. The fourth-order valence-corrected chi connectivity index (χ4v) is 3.39. The minimum Gasteiger partial charge on any atom is -0.454 e. The lowest BCUT2D eigenvalue weighted by atomic mass is 10.1. The van der Waals surface area contributed by atoms with Gasteiger partial charge in [-0.2, -0.15) is 0 Å². The van der Waals surface area contributed by atoms with E-state index >= 15 is 0 Å². The summed E-state index contributed by atoms with van der Waals surface area (Å²) in [6, 6.07) is 11.9. The van der Waals surface area contributed by atoms with E-state index < -0.39 is 11.8 Å². The monoisotopic (exact) mass is 425 g/mol. The number of para-hydroxylation sites is 1. The summed E-state index contributed by atoms with van der Waals surface area (Å²) in [6.45, 7) is 1.39. The minimum atomic E-state index is -0.839. The normalized spacial score (nSPS) is 16.6. The molecule has 0 radical (unpaired) electrons. The van der Waals surface area contributed by atoms with Crippen molar-refractivity contribution in [3.8, 4) is 11.5 Å². The van der Waals surface area contributed by atoms with Crippen LogP contribution in [0.5, 0.6) is 11.5 Å². The van der Waals surface area contributed by atoms with E-state index in [2.05, 4.69) is 16.0 Å². The van der Waals surface area contributed by atoms with Gasteiger partial charge < -0.3 is 30.2 Å². The molecule has 2 aliphatic heterocycles. The minimum absolute atomic E-state index is 0.0639. The Balaban J connectivity index is 1.34. The summed E-state index contributed by atoms with van der Waals surface area (Å²) in [5, 5.41) is 7.88. The summed E-state index contributed by atoms with van der Waals surface area (Å²) < 4.78 is 16.0. The van der Waals surface area contributed by atoms with Crippen molar-refractivity contribution < 1.29 is 28.6 Å². The number of nitrogens with one attached hydrogen (secondary N) is 3. The average Bonchev–Trinajstić information content (AvgIpc) is 3.47. The van der Waals surface area contributed by atoms with Crippen molar-refractivity contribution >= 4 is 23.4 Å². The molecule has 31 heavy (non-hydrogen) atoms. The van der Waals surface area contributed by atoms with E-state index in [1.165, 1.54) is 0 Å². The highest BCUT2D eigenvalue weighted by Crippen LogP contribution is 2.32. The maximum absolute atomic E-state index is 12.7. The Morgan fingerprint density at radius 1 is 0.968 bits per heavy atom. The van der Waals surface area contributed by atoms with E-state index in [1.807, 2.05) is 6.07 Å². The zero-order valence-electron chi connectivity index (χ0n) is 16.8. The number of carbonyl (C=O) groups is 3. The highest BCUT2D eigenvalue weighted by atomic mass is 16.7. The maximum Gasteiger partial charge on any atom is 0.313 e. The smallest absolute Gasteiger partial charge is 0.313 e. The number of hydrogen-bond donors (Lipinski definition) is 3. The van der Waals surface area contributed by atoms with Crippen LogP contribution in [0, 0.1) is 0 Å². The second-order valence-electron chi connectivity index (χ2n) is 7.22. The van der Waals surface area contributed by atoms with Gasteiger partial charge in [0.2, 0.25) is 6.79 Å². The van der Waals surface area contributed by atoms with Crippen LogP contribution in [0.3, 0.4) is 0 Å². The van der Waals surface area contributed by atoms with Gasteiger partial charge in [0.1, 0.15) is 0 Å².